The third kappa shape index (κ3) is 4.57. The number of aromatic nitrogens is 2. The number of imidazole rings is 1. The zero-order chi connectivity index (χ0) is 20.7. The quantitative estimate of drug-likeness (QED) is 0.648. The zero-order valence-electron chi connectivity index (χ0n) is 16.5. The summed E-state index contributed by atoms with van der Waals surface area (Å²) in [5, 5.41) is 0.0464. The van der Waals surface area contributed by atoms with E-state index in [1.165, 1.54) is 16.9 Å². The Labute approximate surface area is 166 Å². The number of sulfone groups is 1. The van der Waals surface area contributed by atoms with Crippen LogP contribution in [0.5, 0.6) is 0 Å². The number of rotatable bonds is 6. The first-order chi connectivity index (χ1) is 13.0. The molecule has 1 unspecified atom stereocenters. The number of carbonyl (C=O) groups excluding carboxylic acids is 1. The van der Waals surface area contributed by atoms with Gasteiger partial charge in [-0.1, -0.05) is 0 Å². The molecule has 11 heteroatoms. The first-order valence-electron chi connectivity index (χ1n) is 9.48. The highest BCUT2D eigenvalue weighted by atomic mass is 32.2. The number of amides is 1. The summed E-state index contributed by atoms with van der Waals surface area (Å²) >= 11 is 0. The maximum absolute atomic E-state index is 12.8. The van der Waals surface area contributed by atoms with Crippen molar-refractivity contribution in [3.8, 4) is 0 Å². The Kier molecular flexibility index (Phi) is 5.88. The third-order valence-corrected chi connectivity index (χ3v) is 8.28. The molecule has 0 saturated carbocycles. The summed E-state index contributed by atoms with van der Waals surface area (Å²) < 4.78 is 51.8. The number of nitrogens with zero attached hydrogens (tertiary/aromatic N) is 4. The summed E-state index contributed by atoms with van der Waals surface area (Å²) in [4.78, 5) is 18.1. The van der Waals surface area contributed by atoms with Crippen LogP contribution in [0.15, 0.2) is 17.6 Å². The Bertz CT molecular complexity index is 931. The van der Waals surface area contributed by atoms with Crippen LogP contribution in [0, 0.1) is 5.92 Å². The number of piperidine rings is 1. The number of sulfonamides is 1. The fourth-order valence-corrected chi connectivity index (χ4v) is 6.43. The fourth-order valence-electron chi connectivity index (χ4n) is 3.96. The molecule has 2 aliphatic rings. The monoisotopic (exact) mass is 432 g/mol. The first-order valence-corrected chi connectivity index (χ1v) is 13.0. The highest BCUT2D eigenvalue weighted by Crippen LogP contribution is 2.28. The van der Waals surface area contributed by atoms with Crippen LogP contribution in [-0.4, -0.2) is 79.2 Å². The van der Waals surface area contributed by atoms with Crippen molar-refractivity contribution in [3.05, 3.63) is 12.5 Å². The summed E-state index contributed by atoms with van der Waals surface area (Å²) in [5.41, 5.74) is 0. The molecular weight excluding hydrogens is 404 g/mol. The fraction of sp³-hybridized carbons (Fsp3) is 0.765. The van der Waals surface area contributed by atoms with Gasteiger partial charge >= 0.3 is 0 Å². The van der Waals surface area contributed by atoms with E-state index in [-0.39, 0.29) is 41.1 Å². The summed E-state index contributed by atoms with van der Waals surface area (Å²) in [7, 11) is -6.77. The van der Waals surface area contributed by atoms with Crippen LogP contribution in [-0.2, 0) is 24.7 Å². The Hall–Kier alpha value is -1.46. The second-order valence-corrected chi connectivity index (χ2v) is 12.2. The lowest BCUT2D eigenvalue weighted by atomic mass is 10.1. The maximum Gasteiger partial charge on any atom is 0.262 e. The third-order valence-electron chi connectivity index (χ3n) is 5.42. The van der Waals surface area contributed by atoms with E-state index in [1.807, 2.05) is 13.8 Å². The van der Waals surface area contributed by atoms with Gasteiger partial charge in [-0.3, -0.25) is 4.79 Å². The van der Waals surface area contributed by atoms with Gasteiger partial charge in [0.05, 0.1) is 12.1 Å². The maximum atomic E-state index is 12.8. The standard InChI is InChI=1S/C17H28N4O5S2/c1-13(2)19-10-16(18-12-19)28(25,26)20-6-4-15(5-7-20)21-9-14(8-17(21)22)11-27(3,23)24/h10,12-15H,4-9,11H2,1-3H3. The average Bonchev–Trinajstić information content (AvgIpc) is 3.21. The topological polar surface area (TPSA) is 110 Å². The molecule has 9 nitrogen and oxygen atoms in total. The van der Waals surface area contributed by atoms with E-state index in [4.69, 9.17) is 0 Å². The van der Waals surface area contributed by atoms with E-state index in [0.717, 1.165) is 0 Å². The zero-order valence-corrected chi connectivity index (χ0v) is 18.1. The van der Waals surface area contributed by atoms with E-state index >= 15 is 0 Å². The van der Waals surface area contributed by atoms with Crippen molar-refractivity contribution in [2.45, 2.75) is 50.2 Å². The molecule has 0 aliphatic carbocycles. The summed E-state index contributed by atoms with van der Waals surface area (Å²) in [6.45, 7) is 4.98. The van der Waals surface area contributed by atoms with Gasteiger partial charge in [0, 0.05) is 50.6 Å². The molecule has 1 atom stereocenters. The van der Waals surface area contributed by atoms with Gasteiger partial charge in [-0.05, 0) is 32.6 Å². The number of likely N-dealkylation sites (tertiary alicyclic amines) is 1. The molecule has 0 bridgehead atoms. The van der Waals surface area contributed by atoms with Crippen LogP contribution in [0.1, 0.15) is 39.2 Å². The summed E-state index contributed by atoms with van der Waals surface area (Å²) in [5.74, 6) is -0.198. The second-order valence-electron chi connectivity index (χ2n) is 8.10. The van der Waals surface area contributed by atoms with Gasteiger partial charge in [-0.15, -0.1) is 0 Å². The van der Waals surface area contributed by atoms with E-state index in [0.29, 0.717) is 32.5 Å². The largest absolute Gasteiger partial charge is 0.339 e. The first kappa shape index (κ1) is 21.3. The molecule has 2 saturated heterocycles. The molecule has 2 fully saturated rings. The average molecular weight is 433 g/mol. The van der Waals surface area contributed by atoms with Gasteiger partial charge in [0.2, 0.25) is 5.91 Å². The normalized spacial score (nSPS) is 23.1. The number of hydrogen-bond donors (Lipinski definition) is 0. The predicted molar refractivity (Wildman–Crippen MR) is 104 cm³/mol. The SMILES string of the molecule is CC(C)n1cnc(S(=O)(=O)N2CCC(N3CC(CS(C)(=O)=O)CC3=O)CC2)c1. The Balaban J connectivity index is 1.62. The highest BCUT2D eigenvalue weighted by molar-refractivity contribution is 7.90. The van der Waals surface area contributed by atoms with Gasteiger partial charge in [0.15, 0.2) is 5.03 Å². The molecule has 2 aliphatic heterocycles. The minimum atomic E-state index is -3.65. The number of carbonyl (C=O) groups is 1. The van der Waals surface area contributed by atoms with Crippen molar-refractivity contribution in [2.75, 3.05) is 31.6 Å². The summed E-state index contributed by atoms with van der Waals surface area (Å²) in [6, 6.07) is 0.0833. The number of hydrogen-bond acceptors (Lipinski definition) is 6. The van der Waals surface area contributed by atoms with Crippen LogP contribution in [0.3, 0.4) is 0 Å². The molecule has 0 aromatic carbocycles. The lowest BCUT2D eigenvalue weighted by Gasteiger charge is -2.36. The Morgan fingerprint density at radius 1 is 1.18 bits per heavy atom. The van der Waals surface area contributed by atoms with E-state index in [1.54, 1.807) is 15.7 Å². The molecular formula is C17H28N4O5S2. The molecule has 1 amide bonds. The van der Waals surface area contributed by atoms with Crippen molar-refractivity contribution in [2.24, 2.45) is 5.92 Å². The van der Waals surface area contributed by atoms with Crippen molar-refractivity contribution in [1.29, 1.82) is 0 Å². The van der Waals surface area contributed by atoms with E-state index < -0.39 is 19.9 Å². The van der Waals surface area contributed by atoms with E-state index in [9.17, 15) is 21.6 Å². The van der Waals surface area contributed by atoms with Crippen molar-refractivity contribution >= 4 is 25.8 Å². The van der Waals surface area contributed by atoms with Crippen molar-refractivity contribution in [3.63, 3.8) is 0 Å². The van der Waals surface area contributed by atoms with Crippen molar-refractivity contribution in [1.82, 2.24) is 18.8 Å². The van der Waals surface area contributed by atoms with Gasteiger partial charge in [-0.2, -0.15) is 4.31 Å². The predicted octanol–water partition coefficient (Wildman–Crippen LogP) is 0.510. The smallest absolute Gasteiger partial charge is 0.262 e. The summed E-state index contributed by atoms with van der Waals surface area (Å²) in [6.07, 6.45) is 5.59. The van der Waals surface area contributed by atoms with Gasteiger partial charge < -0.3 is 9.47 Å². The van der Waals surface area contributed by atoms with Crippen LogP contribution < -0.4 is 0 Å². The molecule has 1 aromatic rings. The van der Waals surface area contributed by atoms with Gasteiger partial charge in [0.25, 0.3) is 10.0 Å². The second kappa shape index (κ2) is 7.75. The minimum Gasteiger partial charge on any atom is -0.339 e. The molecule has 0 radical (unpaired) electrons. The van der Waals surface area contributed by atoms with Crippen LogP contribution in [0.25, 0.3) is 0 Å². The van der Waals surface area contributed by atoms with Crippen LogP contribution >= 0.6 is 0 Å². The lowest BCUT2D eigenvalue weighted by molar-refractivity contribution is -0.130. The molecule has 158 valence electrons. The molecule has 0 spiro atoms. The molecule has 28 heavy (non-hydrogen) atoms. The van der Waals surface area contributed by atoms with Crippen molar-refractivity contribution < 1.29 is 21.6 Å². The Morgan fingerprint density at radius 2 is 1.82 bits per heavy atom. The van der Waals surface area contributed by atoms with E-state index in [2.05, 4.69) is 4.98 Å². The van der Waals surface area contributed by atoms with Gasteiger partial charge in [-0.25, -0.2) is 21.8 Å². The highest BCUT2D eigenvalue weighted by Gasteiger charge is 2.39. The van der Waals surface area contributed by atoms with Crippen LogP contribution in [0.2, 0.25) is 0 Å². The van der Waals surface area contributed by atoms with Crippen LogP contribution in [0.4, 0.5) is 0 Å². The van der Waals surface area contributed by atoms with Gasteiger partial charge in [0.1, 0.15) is 9.84 Å². The Morgan fingerprint density at radius 3 is 2.36 bits per heavy atom. The lowest BCUT2D eigenvalue weighted by Crippen LogP contribution is -2.47. The molecule has 3 heterocycles. The minimum absolute atomic E-state index is 0.0149. The molecule has 0 N–H and O–H groups in total. The molecule has 3 rings (SSSR count). The molecule has 1 aromatic heterocycles.